The third kappa shape index (κ3) is 2.63. The lowest BCUT2D eigenvalue weighted by atomic mass is 10.1. The fourth-order valence-corrected chi connectivity index (χ4v) is 2.83. The topological polar surface area (TPSA) is 38.9 Å². The maximum atomic E-state index is 5.70. The number of hydrogen-bond acceptors (Lipinski definition) is 3. The van der Waals surface area contributed by atoms with Crippen molar-refractivity contribution < 1.29 is 4.52 Å². The summed E-state index contributed by atoms with van der Waals surface area (Å²) >= 11 is 19.4. The molecule has 1 aromatic heterocycles. The summed E-state index contributed by atoms with van der Waals surface area (Å²) in [6.45, 7) is 0. The molecular formula is C12H6Cl3IN2O. The average molecular weight is 427 g/mol. The Labute approximate surface area is 138 Å². The molecule has 0 saturated carbocycles. The second-order valence-corrected chi connectivity index (χ2v) is 7.49. The minimum atomic E-state index is -1.70. The van der Waals surface area contributed by atoms with Gasteiger partial charge in [0.15, 0.2) is 0 Å². The Morgan fingerprint density at radius 2 is 2.05 bits per heavy atom. The summed E-state index contributed by atoms with van der Waals surface area (Å²) in [5, 5.41) is 3.84. The molecule has 0 atom stereocenters. The van der Waals surface area contributed by atoms with Gasteiger partial charge in [-0.3, -0.25) is 0 Å². The van der Waals surface area contributed by atoms with Crippen molar-refractivity contribution in [2.45, 2.75) is 10.2 Å². The highest BCUT2D eigenvalue weighted by atomic mass is 127. The molecule has 0 spiro atoms. The van der Waals surface area contributed by atoms with Crippen LogP contribution in [-0.2, 0) is 10.2 Å². The molecular weight excluding hydrogens is 421 g/mol. The van der Waals surface area contributed by atoms with Gasteiger partial charge in [0.25, 0.3) is 9.68 Å². The van der Waals surface area contributed by atoms with Crippen LogP contribution in [0.25, 0.3) is 15.0 Å². The van der Waals surface area contributed by atoms with Gasteiger partial charge in [0, 0.05) is 9.14 Å². The average Bonchev–Trinajstić information content (AvgIpc) is 2.96. The van der Waals surface area contributed by atoms with Crippen LogP contribution in [0.2, 0.25) is 0 Å². The van der Waals surface area contributed by atoms with Crippen molar-refractivity contribution in [3.8, 4) is 11.4 Å². The van der Waals surface area contributed by atoms with E-state index >= 15 is 0 Å². The van der Waals surface area contributed by atoms with Crippen LogP contribution in [0.15, 0.2) is 28.8 Å². The van der Waals surface area contributed by atoms with Gasteiger partial charge in [0.05, 0.1) is 0 Å². The highest BCUT2D eigenvalue weighted by molar-refractivity contribution is 14.1. The fraction of sp³-hybridized carbons (Fsp3) is 0.167. The standard InChI is InChI=1S/C12H6Cl3IN2O/c13-12(14,15)11-17-10(18-19-11)7-2-1-6-3-4-9(16)8(6)5-7/h1-2,4-5H,3H2. The lowest BCUT2D eigenvalue weighted by Gasteiger charge is -2.03. The van der Waals surface area contributed by atoms with E-state index in [2.05, 4.69) is 44.9 Å². The first kappa shape index (κ1) is 13.7. The van der Waals surface area contributed by atoms with Crippen LogP contribution in [0.5, 0.6) is 0 Å². The molecule has 0 aliphatic heterocycles. The van der Waals surface area contributed by atoms with Crippen molar-refractivity contribution in [1.29, 1.82) is 0 Å². The smallest absolute Gasteiger partial charge is 0.279 e. The first-order valence-electron chi connectivity index (χ1n) is 5.35. The van der Waals surface area contributed by atoms with Crippen LogP contribution in [0.1, 0.15) is 17.0 Å². The molecule has 0 radical (unpaired) electrons. The minimum Gasteiger partial charge on any atom is -0.334 e. The molecule has 0 fully saturated rings. The summed E-state index contributed by atoms with van der Waals surface area (Å²) in [6, 6.07) is 6.01. The number of hydrogen-bond donors (Lipinski definition) is 0. The number of allylic oxidation sites excluding steroid dienone is 1. The number of fused-ring (bicyclic) bond motifs is 1. The van der Waals surface area contributed by atoms with Gasteiger partial charge in [-0.2, -0.15) is 4.98 Å². The highest BCUT2D eigenvalue weighted by Crippen LogP contribution is 2.38. The highest BCUT2D eigenvalue weighted by Gasteiger charge is 2.31. The van der Waals surface area contributed by atoms with Gasteiger partial charge in [0.1, 0.15) is 0 Å². The molecule has 2 aromatic rings. The number of nitrogens with zero attached hydrogens (tertiary/aromatic N) is 2. The maximum absolute atomic E-state index is 5.70. The molecule has 0 bridgehead atoms. The van der Waals surface area contributed by atoms with Crippen LogP contribution < -0.4 is 0 Å². The van der Waals surface area contributed by atoms with Crippen molar-refractivity contribution in [1.82, 2.24) is 10.1 Å². The number of benzene rings is 1. The Morgan fingerprint density at radius 3 is 2.74 bits per heavy atom. The molecule has 98 valence electrons. The van der Waals surface area contributed by atoms with Crippen LogP contribution in [0, 0.1) is 0 Å². The monoisotopic (exact) mass is 426 g/mol. The Kier molecular flexibility index (Phi) is 3.53. The van der Waals surface area contributed by atoms with Gasteiger partial charge >= 0.3 is 0 Å². The molecule has 0 amide bonds. The van der Waals surface area contributed by atoms with Crippen LogP contribution in [0.3, 0.4) is 0 Å². The van der Waals surface area contributed by atoms with Gasteiger partial charge in [-0.25, -0.2) is 0 Å². The minimum absolute atomic E-state index is 0.0294. The van der Waals surface area contributed by atoms with Crippen molar-refractivity contribution in [2.24, 2.45) is 0 Å². The quantitative estimate of drug-likeness (QED) is 0.480. The van der Waals surface area contributed by atoms with Crippen molar-refractivity contribution >= 4 is 61.0 Å². The molecule has 19 heavy (non-hydrogen) atoms. The normalized spacial score (nSPS) is 14.4. The summed E-state index contributed by atoms with van der Waals surface area (Å²) in [4.78, 5) is 4.11. The van der Waals surface area contributed by atoms with Gasteiger partial charge < -0.3 is 4.52 Å². The first-order valence-corrected chi connectivity index (χ1v) is 7.56. The Balaban J connectivity index is 2.02. The predicted molar refractivity (Wildman–Crippen MR) is 84.7 cm³/mol. The van der Waals surface area contributed by atoms with Gasteiger partial charge in [-0.15, -0.1) is 0 Å². The van der Waals surface area contributed by atoms with Crippen molar-refractivity contribution in [3.63, 3.8) is 0 Å². The summed E-state index contributed by atoms with van der Waals surface area (Å²) in [5.41, 5.74) is 3.32. The number of halogens is 4. The fourth-order valence-electron chi connectivity index (χ4n) is 1.88. The number of rotatable bonds is 1. The van der Waals surface area contributed by atoms with E-state index in [1.807, 2.05) is 12.1 Å². The molecule has 3 nitrogen and oxygen atoms in total. The van der Waals surface area contributed by atoms with E-state index in [9.17, 15) is 0 Å². The van der Waals surface area contributed by atoms with Crippen molar-refractivity contribution in [2.75, 3.05) is 0 Å². The molecule has 0 unspecified atom stereocenters. The van der Waals surface area contributed by atoms with E-state index in [0.717, 1.165) is 12.0 Å². The Hall–Kier alpha value is -0.300. The number of aromatic nitrogens is 2. The molecule has 7 heteroatoms. The summed E-state index contributed by atoms with van der Waals surface area (Å²) < 4.78 is 4.48. The third-order valence-corrected chi connectivity index (χ3v) is 4.30. The zero-order chi connectivity index (χ0) is 13.6. The number of alkyl halides is 3. The summed E-state index contributed by atoms with van der Waals surface area (Å²) in [5.74, 6) is 0.387. The SMILES string of the molecule is ClC(Cl)(Cl)c1nc(-c2ccc3c(c2)C(I)=CC3)no1. The van der Waals surface area contributed by atoms with Gasteiger partial charge in [-0.1, -0.05) is 58.2 Å². The summed E-state index contributed by atoms with van der Waals surface area (Å²) in [6.07, 6.45) is 3.14. The van der Waals surface area contributed by atoms with Gasteiger partial charge in [-0.05, 0) is 46.2 Å². The first-order chi connectivity index (χ1) is 8.95. The second kappa shape index (κ2) is 4.91. The largest absolute Gasteiger partial charge is 0.334 e. The lowest BCUT2D eigenvalue weighted by Crippen LogP contribution is -1.99. The molecule has 1 aliphatic carbocycles. The van der Waals surface area contributed by atoms with Gasteiger partial charge in [0.2, 0.25) is 5.82 Å². The zero-order valence-corrected chi connectivity index (χ0v) is 13.8. The third-order valence-electron chi connectivity index (χ3n) is 2.80. The summed E-state index contributed by atoms with van der Waals surface area (Å²) in [7, 11) is 0. The van der Waals surface area contributed by atoms with Crippen LogP contribution in [0.4, 0.5) is 0 Å². The molecule has 1 aromatic carbocycles. The van der Waals surface area contributed by atoms with E-state index in [0.29, 0.717) is 5.82 Å². The molecule has 3 rings (SSSR count). The van der Waals surface area contributed by atoms with Crippen molar-refractivity contribution in [3.05, 3.63) is 41.3 Å². The van der Waals surface area contributed by atoms with E-state index < -0.39 is 3.79 Å². The Morgan fingerprint density at radius 1 is 1.26 bits per heavy atom. The zero-order valence-electron chi connectivity index (χ0n) is 9.33. The Bertz CT molecular complexity index is 676. The molecule has 0 N–H and O–H groups in total. The second-order valence-electron chi connectivity index (χ2n) is 4.05. The van der Waals surface area contributed by atoms with E-state index in [-0.39, 0.29) is 5.89 Å². The molecule has 1 aliphatic rings. The maximum Gasteiger partial charge on any atom is 0.279 e. The molecule has 0 saturated heterocycles. The van der Waals surface area contributed by atoms with E-state index in [1.165, 1.54) is 14.7 Å². The van der Waals surface area contributed by atoms with Crippen LogP contribution >= 0.6 is 57.4 Å². The van der Waals surface area contributed by atoms with E-state index in [1.54, 1.807) is 0 Å². The van der Waals surface area contributed by atoms with E-state index in [4.69, 9.17) is 39.3 Å². The van der Waals surface area contributed by atoms with Crippen LogP contribution in [-0.4, -0.2) is 10.1 Å². The molecule has 1 heterocycles. The predicted octanol–water partition coefficient (Wildman–Crippen LogP) is 4.90. The lowest BCUT2D eigenvalue weighted by molar-refractivity contribution is 0.383.